The largest absolute Gasteiger partial charge is 0.377 e. The summed E-state index contributed by atoms with van der Waals surface area (Å²) in [4.78, 5) is 2.59. The van der Waals surface area contributed by atoms with Crippen molar-refractivity contribution in [1.29, 1.82) is 0 Å². The normalized spacial score (nSPS) is 21.8. The monoisotopic (exact) mass is 270 g/mol. The van der Waals surface area contributed by atoms with Crippen LogP contribution in [0.5, 0.6) is 0 Å². The zero-order valence-electron chi connectivity index (χ0n) is 13.4. The molecule has 19 heavy (non-hydrogen) atoms. The van der Waals surface area contributed by atoms with E-state index in [0.29, 0.717) is 12.1 Å². The van der Waals surface area contributed by atoms with Gasteiger partial charge in [0.05, 0.1) is 6.10 Å². The Morgan fingerprint density at radius 3 is 2.05 bits per heavy atom. The molecule has 3 heteroatoms. The van der Waals surface area contributed by atoms with Gasteiger partial charge in [0.15, 0.2) is 0 Å². The first kappa shape index (κ1) is 16.9. The summed E-state index contributed by atoms with van der Waals surface area (Å²) in [6.45, 7) is 13.1. The van der Waals surface area contributed by atoms with Gasteiger partial charge in [-0.25, -0.2) is 0 Å². The zero-order chi connectivity index (χ0) is 14.3. The minimum atomic E-state index is 0.365. The molecular formula is C16H34N2O. The van der Waals surface area contributed by atoms with Crippen LogP contribution in [0.4, 0.5) is 0 Å². The SMILES string of the molecule is CC(C)CCN(CCC(C)C)C(CN)C1CCCO1. The van der Waals surface area contributed by atoms with Crippen molar-refractivity contribution in [3.8, 4) is 0 Å². The molecule has 114 valence electrons. The van der Waals surface area contributed by atoms with E-state index in [-0.39, 0.29) is 0 Å². The van der Waals surface area contributed by atoms with Crippen LogP contribution in [0.25, 0.3) is 0 Å². The predicted molar refractivity (Wildman–Crippen MR) is 82.3 cm³/mol. The van der Waals surface area contributed by atoms with Crippen LogP contribution in [0.15, 0.2) is 0 Å². The van der Waals surface area contributed by atoms with E-state index in [1.165, 1.54) is 25.7 Å². The van der Waals surface area contributed by atoms with Crippen LogP contribution in [0.1, 0.15) is 53.4 Å². The highest BCUT2D eigenvalue weighted by Crippen LogP contribution is 2.21. The third kappa shape index (κ3) is 6.24. The fraction of sp³-hybridized carbons (Fsp3) is 1.00. The number of nitrogens with zero attached hydrogens (tertiary/aromatic N) is 1. The number of nitrogens with two attached hydrogens (primary N) is 1. The predicted octanol–water partition coefficient (Wildman–Crippen LogP) is 2.89. The van der Waals surface area contributed by atoms with E-state index in [2.05, 4.69) is 32.6 Å². The van der Waals surface area contributed by atoms with E-state index in [1.807, 2.05) is 0 Å². The molecule has 1 aliphatic heterocycles. The number of hydrogen-bond acceptors (Lipinski definition) is 3. The lowest BCUT2D eigenvalue weighted by molar-refractivity contribution is 0.0236. The molecule has 3 nitrogen and oxygen atoms in total. The molecule has 0 aliphatic carbocycles. The van der Waals surface area contributed by atoms with Crippen molar-refractivity contribution in [3.63, 3.8) is 0 Å². The Kier molecular flexibility index (Phi) is 7.96. The van der Waals surface area contributed by atoms with Crippen molar-refractivity contribution < 1.29 is 4.74 Å². The van der Waals surface area contributed by atoms with Crippen LogP contribution in [0, 0.1) is 11.8 Å². The van der Waals surface area contributed by atoms with Crippen molar-refractivity contribution >= 4 is 0 Å². The van der Waals surface area contributed by atoms with Gasteiger partial charge in [-0.05, 0) is 50.6 Å². The Balaban J connectivity index is 2.56. The third-order valence-electron chi connectivity index (χ3n) is 4.09. The number of ether oxygens (including phenoxy) is 1. The molecule has 1 saturated heterocycles. The summed E-state index contributed by atoms with van der Waals surface area (Å²) in [6, 6.07) is 0.417. The summed E-state index contributed by atoms with van der Waals surface area (Å²) in [7, 11) is 0. The molecule has 1 rings (SSSR count). The molecule has 0 saturated carbocycles. The van der Waals surface area contributed by atoms with Crippen molar-refractivity contribution in [3.05, 3.63) is 0 Å². The van der Waals surface area contributed by atoms with Crippen molar-refractivity contribution in [2.45, 2.75) is 65.5 Å². The van der Waals surface area contributed by atoms with Gasteiger partial charge >= 0.3 is 0 Å². The topological polar surface area (TPSA) is 38.5 Å². The van der Waals surface area contributed by atoms with Gasteiger partial charge in [-0.3, -0.25) is 4.90 Å². The maximum Gasteiger partial charge on any atom is 0.0743 e. The summed E-state index contributed by atoms with van der Waals surface area (Å²) in [5.74, 6) is 1.51. The second-order valence-corrected chi connectivity index (χ2v) is 6.76. The fourth-order valence-electron chi connectivity index (χ4n) is 2.73. The number of hydrogen-bond donors (Lipinski definition) is 1. The van der Waals surface area contributed by atoms with Crippen LogP contribution in [-0.2, 0) is 4.74 Å². The van der Waals surface area contributed by atoms with Crippen LogP contribution in [-0.4, -0.2) is 43.3 Å². The Hall–Kier alpha value is -0.120. The lowest BCUT2D eigenvalue weighted by Crippen LogP contribution is -2.49. The average molecular weight is 270 g/mol. The molecule has 1 fully saturated rings. The first-order chi connectivity index (χ1) is 9.04. The Labute approximate surface area is 119 Å². The first-order valence-electron chi connectivity index (χ1n) is 8.10. The molecule has 0 bridgehead atoms. The van der Waals surface area contributed by atoms with Gasteiger partial charge < -0.3 is 10.5 Å². The van der Waals surface area contributed by atoms with Gasteiger partial charge in [-0.1, -0.05) is 27.7 Å². The molecular weight excluding hydrogens is 236 g/mol. The lowest BCUT2D eigenvalue weighted by Gasteiger charge is -2.35. The van der Waals surface area contributed by atoms with E-state index >= 15 is 0 Å². The van der Waals surface area contributed by atoms with Crippen molar-refractivity contribution in [2.24, 2.45) is 17.6 Å². The summed E-state index contributed by atoms with van der Waals surface area (Å²) >= 11 is 0. The van der Waals surface area contributed by atoms with E-state index in [1.54, 1.807) is 0 Å². The number of rotatable bonds is 9. The van der Waals surface area contributed by atoms with Gasteiger partial charge in [0.2, 0.25) is 0 Å². The average Bonchev–Trinajstić information content (AvgIpc) is 2.85. The highest BCUT2D eigenvalue weighted by atomic mass is 16.5. The smallest absolute Gasteiger partial charge is 0.0743 e. The third-order valence-corrected chi connectivity index (χ3v) is 4.09. The van der Waals surface area contributed by atoms with Gasteiger partial charge in [-0.15, -0.1) is 0 Å². The highest BCUT2D eigenvalue weighted by Gasteiger charge is 2.29. The summed E-state index contributed by atoms with van der Waals surface area (Å²) in [5.41, 5.74) is 6.04. The molecule has 2 N–H and O–H groups in total. The molecule has 0 spiro atoms. The lowest BCUT2D eigenvalue weighted by atomic mass is 10.0. The molecule has 0 amide bonds. The van der Waals surface area contributed by atoms with Gasteiger partial charge in [0.25, 0.3) is 0 Å². The minimum Gasteiger partial charge on any atom is -0.377 e. The highest BCUT2D eigenvalue weighted by molar-refractivity contribution is 4.84. The van der Waals surface area contributed by atoms with Crippen LogP contribution in [0.2, 0.25) is 0 Å². The second-order valence-electron chi connectivity index (χ2n) is 6.76. The van der Waals surface area contributed by atoms with Crippen molar-refractivity contribution in [2.75, 3.05) is 26.2 Å². The maximum atomic E-state index is 6.04. The van der Waals surface area contributed by atoms with E-state index in [4.69, 9.17) is 10.5 Å². The fourth-order valence-corrected chi connectivity index (χ4v) is 2.73. The summed E-state index contributed by atoms with van der Waals surface area (Å²) in [6.07, 6.45) is 5.25. The molecule has 0 aromatic carbocycles. The Morgan fingerprint density at radius 1 is 1.11 bits per heavy atom. The quantitative estimate of drug-likeness (QED) is 0.700. The molecule has 2 unspecified atom stereocenters. The standard InChI is InChI=1S/C16H34N2O/c1-13(2)7-9-18(10-8-14(3)4)15(12-17)16-6-5-11-19-16/h13-16H,5-12,17H2,1-4H3. The summed E-state index contributed by atoms with van der Waals surface area (Å²) < 4.78 is 5.88. The Bertz CT molecular complexity index is 213. The zero-order valence-corrected chi connectivity index (χ0v) is 13.4. The van der Waals surface area contributed by atoms with Crippen LogP contribution in [0.3, 0.4) is 0 Å². The molecule has 0 aromatic rings. The second kappa shape index (κ2) is 8.93. The van der Waals surface area contributed by atoms with Crippen LogP contribution >= 0.6 is 0 Å². The van der Waals surface area contributed by atoms with E-state index in [9.17, 15) is 0 Å². The molecule has 2 atom stereocenters. The van der Waals surface area contributed by atoms with Crippen LogP contribution < -0.4 is 5.73 Å². The van der Waals surface area contributed by atoms with Gasteiger partial charge in [-0.2, -0.15) is 0 Å². The van der Waals surface area contributed by atoms with Gasteiger partial charge in [0, 0.05) is 19.2 Å². The first-order valence-corrected chi connectivity index (χ1v) is 8.10. The van der Waals surface area contributed by atoms with Crippen molar-refractivity contribution in [1.82, 2.24) is 4.90 Å². The molecule has 0 radical (unpaired) electrons. The van der Waals surface area contributed by atoms with E-state index in [0.717, 1.165) is 38.1 Å². The van der Waals surface area contributed by atoms with E-state index < -0.39 is 0 Å². The molecule has 1 aliphatic rings. The Morgan fingerprint density at radius 2 is 1.68 bits per heavy atom. The molecule has 1 heterocycles. The summed E-state index contributed by atoms with van der Waals surface area (Å²) in [5, 5.41) is 0. The maximum absolute atomic E-state index is 6.04. The van der Waals surface area contributed by atoms with Gasteiger partial charge in [0.1, 0.15) is 0 Å². The molecule has 0 aromatic heterocycles. The minimum absolute atomic E-state index is 0.365.